The second kappa shape index (κ2) is 14.3. The fourth-order valence-corrected chi connectivity index (χ4v) is 11.2. The second-order valence-electron chi connectivity index (χ2n) is 17.1. The van der Waals surface area contributed by atoms with Gasteiger partial charge in [0.15, 0.2) is 0 Å². The van der Waals surface area contributed by atoms with Crippen molar-refractivity contribution in [2.45, 2.75) is 142 Å². The van der Waals surface area contributed by atoms with E-state index in [1.54, 1.807) is 24.3 Å². The molecule has 4 fully saturated rings. The molecular formula is C40H61NO7. The van der Waals surface area contributed by atoms with Crippen LogP contribution in [-0.4, -0.2) is 63.6 Å². The molecule has 48 heavy (non-hydrogen) atoms. The number of benzene rings is 1. The Balaban J connectivity index is 1.04. The van der Waals surface area contributed by atoms with Crippen molar-refractivity contribution in [1.29, 1.82) is 0 Å². The van der Waals surface area contributed by atoms with E-state index >= 15 is 0 Å². The van der Waals surface area contributed by atoms with Crippen molar-refractivity contribution in [3.05, 3.63) is 41.5 Å². The summed E-state index contributed by atoms with van der Waals surface area (Å²) in [6.45, 7) is 11.9. The number of carbonyl (C=O) groups is 1. The second-order valence-corrected chi connectivity index (χ2v) is 17.1. The largest absolute Gasteiger partial charge is 0.446 e. The zero-order chi connectivity index (χ0) is 34.4. The molecule has 5 aliphatic rings. The van der Waals surface area contributed by atoms with Gasteiger partial charge in [-0.05, 0) is 109 Å². The number of allylic oxidation sites excluding steroid dienone is 1. The molecule has 1 aromatic carbocycles. The van der Waals surface area contributed by atoms with Crippen molar-refractivity contribution >= 4 is 11.8 Å². The minimum atomic E-state index is -1.44. The van der Waals surface area contributed by atoms with Gasteiger partial charge >= 0.3 is 6.09 Å². The van der Waals surface area contributed by atoms with Crippen LogP contribution >= 0.6 is 0 Å². The van der Waals surface area contributed by atoms with Crippen LogP contribution in [0.1, 0.15) is 117 Å². The number of nitrogens with one attached hydrogen (secondary N) is 1. The van der Waals surface area contributed by atoms with Gasteiger partial charge in [0.1, 0.15) is 36.6 Å². The van der Waals surface area contributed by atoms with Crippen molar-refractivity contribution in [3.8, 4) is 0 Å². The van der Waals surface area contributed by atoms with Gasteiger partial charge in [-0.15, -0.1) is 0 Å². The maximum atomic E-state index is 13.0. The van der Waals surface area contributed by atoms with Crippen LogP contribution < -0.4 is 5.32 Å². The molecular weight excluding hydrogens is 606 g/mol. The lowest BCUT2D eigenvalue weighted by Crippen LogP contribution is -2.55. The molecule has 0 radical (unpaired) electrons. The number of hydrogen-bond acceptors (Lipinski definition) is 7. The Morgan fingerprint density at radius 2 is 1.71 bits per heavy atom. The van der Waals surface area contributed by atoms with Crippen LogP contribution in [0.2, 0.25) is 0 Å². The van der Waals surface area contributed by atoms with Crippen LogP contribution in [0.4, 0.5) is 10.5 Å². The number of fused-ring (bicyclic) bond motifs is 5. The Hall–Kier alpha value is -1.97. The summed E-state index contributed by atoms with van der Waals surface area (Å²) in [5, 5.41) is 43.0. The highest BCUT2D eigenvalue weighted by molar-refractivity contribution is 5.84. The summed E-state index contributed by atoms with van der Waals surface area (Å²) < 4.78 is 11.6. The highest BCUT2D eigenvalue weighted by atomic mass is 16.6. The van der Waals surface area contributed by atoms with Crippen molar-refractivity contribution in [1.82, 2.24) is 0 Å². The summed E-state index contributed by atoms with van der Waals surface area (Å²) in [5.74, 6) is 4.81. The zero-order valence-electron chi connectivity index (χ0n) is 29.8. The Morgan fingerprint density at radius 3 is 2.42 bits per heavy atom. The highest BCUT2D eigenvalue weighted by Crippen LogP contribution is 2.67. The SMILES string of the molecule is CC(C)CCC[C@@H](C)[C@H]1CC[C@H]2[C@@H]3CC=C4C[C@@H](OC(=O)Nc5ccc([C@H]6O[C@H](CO)[C@@H](O)[C@H](O)[C@H]6O)cc5)CC[C@]4(C)[C@H]3CC[C@]12C. The van der Waals surface area contributed by atoms with Crippen LogP contribution in [-0.2, 0) is 9.47 Å². The lowest BCUT2D eigenvalue weighted by molar-refractivity contribution is -0.231. The van der Waals surface area contributed by atoms with Gasteiger partial charge in [0.2, 0.25) is 0 Å². The van der Waals surface area contributed by atoms with Gasteiger partial charge < -0.3 is 29.9 Å². The quantitative estimate of drug-likeness (QED) is 0.177. The summed E-state index contributed by atoms with van der Waals surface area (Å²) in [4.78, 5) is 13.0. The molecule has 1 saturated heterocycles. The molecule has 0 spiro atoms. The third-order valence-corrected chi connectivity index (χ3v) is 13.9. The van der Waals surface area contributed by atoms with E-state index in [9.17, 15) is 25.2 Å². The van der Waals surface area contributed by atoms with Crippen molar-refractivity contribution in [3.63, 3.8) is 0 Å². The summed E-state index contributed by atoms with van der Waals surface area (Å²) in [6.07, 6.45) is 9.30. The van der Waals surface area contributed by atoms with Crippen LogP contribution in [0.25, 0.3) is 0 Å². The van der Waals surface area contributed by atoms with Gasteiger partial charge in [-0.1, -0.05) is 77.7 Å². The number of hydrogen-bond donors (Lipinski definition) is 5. The molecule has 268 valence electrons. The molecule has 8 heteroatoms. The fraction of sp³-hybridized carbons (Fsp3) is 0.775. The number of anilines is 1. The summed E-state index contributed by atoms with van der Waals surface area (Å²) >= 11 is 0. The van der Waals surface area contributed by atoms with Crippen LogP contribution in [0.15, 0.2) is 35.9 Å². The van der Waals surface area contributed by atoms with Crippen molar-refractivity contribution in [2.75, 3.05) is 11.9 Å². The third-order valence-electron chi connectivity index (χ3n) is 13.9. The minimum absolute atomic E-state index is 0.148. The molecule has 4 aliphatic carbocycles. The van der Waals surface area contributed by atoms with Crippen molar-refractivity contribution < 1.29 is 34.7 Å². The number of amides is 1. The molecule has 6 rings (SSSR count). The van der Waals surface area contributed by atoms with Gasteiger partial charge in [0, 0.05) is 12.1 Å². The lowest BCUT2D eigenvalue weighted by Gasteiger charge is -2.58. The van der Waals surface area contributed by atoms with Crippen LogP contribution in [0.5, 0.6) is 0 Å². The number of ether oxygens (including phenoxy) is 2. The highest BCUT2D eigenvalue weighted by Gasteiger charge is 2.59. The summed E-state index contributed by atoms with van der Waals surface area (Å²) in [5.41, 5.74) is 3.28. The Kier molecular flexibility index (Phi) is 10.7. The molecule has 5 N–H and O–H groups in total. The predicted molar refractivity (Wildman–Crippen MR) is 186 cm³/mol. The molecule has 1 aliphatic heterocycles. The average Bonchev–Trinajstić information content (AvgIpc) is 3.41. The van der Waals surface area contributed by atoms with Gasteiger partial charge in [-0.25, -0.2) is 4.79 Å². The number of aliphatic hydroxyl groups is 4. The zero-order valence-corrected chi connectivity index (χ0v) is 29.8. The third kappa shape index (κ3) is 6.73. The molecule has 3 saturated carbocycles. The fourth-order valence-electron chi connectivity index (χ4n) is 11.2. The van der Waals surface area contributed by atoms with E-state index in [1.807, 2.05) is 0 Å². The van der Waals surface area contributed by atoms with E-state index in [0.717, 1.165) is 54.8 Å². The molecule has 1 heterocycles. The first kappa shape index (κ1) is 35.8. The predicted octanol–water partition coefficient (Wildman–Crippen LogP) is 7.16. The normalized spacial score (nSPS) is 41.5. The first-order valence-corrected chi connectivity index (χ1v) is 18.9. The number of carbonyl (C=O) groups excluding carboxylic acids is 1. The van der Waals surface area contributed by atoms with E-state index in [2.05, 4.69) is 46.0 Å². The molecule has 13 atom stereocenters. The Morgan fingerprint density at radius 1 is 0.958 bits per heavy atom. The Labute approximate surface area is 287 Å². The summed E-state index contributed by atoms with van der Waals surface area (Å²) in [7, 11) is 0. The smallest absolute Gasteiger partial charge is 0.411 e. The first-order chi connectivity index (χ1) is 22.9. The molecule has 8 nitrogen and oxygen atoms in total. The lowest BCUT2D eigenvalue weighted by atomic mass is 9.47. The monoisotopic (exact) mass is 667 g/mol. The van der Waals surface area contributed by atoms with Gasteiger partial charge in [0.05, 0.1) is 6.61 Å². The first-order valence-electron chi connectivity index (χ1n) is 18.9. The Bertz CT molecular complexity index is 1300. The maximum Gasteiger partial charge on any atom is 0.411 e. The standard InChI is InChI=1S/C40H61NO7/c1-23(2)7-6-8-24(3)30-15-16-31-29-14-11-26-21-28(17-19-39(26,4)32(29)18-20-40(30,31)5)47-38(46)41-27-12-9-25(10-13-27)37-36(45)35(44)34(43)33(22-42)48-37/h9-13,23-24,28-37,42-45H,6-8,14-22H2,1-5H3,(H,41,46)/t24-,28+,29+,30-,31+,32+,33-,34-,35+,36-,37-,39+,40-/m1/s1. The molecule has 1 amide bonds. The molecule has 0 aromatic heterocycles. The van der Waals surface area contributed by atoms with Gasteiger partial charge in [-0.2, -0.15) is 0 Å². The van der Waals surface area contributed by atoms with E-state index < -0.39 is 43.2 Å². The topological polar surface area (TPSA) is 128 Å². The van der Waals surface area contributed by atoms with Gasteiger partial charge in [0.25, 0.3) is 0 Å². The van der Waals surface area contributed by atoms with E-state index in [4.69, 9.17) is 9.47 Å². The van der Waals surface area contributed by atoms with Gasteiger partial charge in [-0.3, -0.25) is 5.32 Å². The van der Waals surface area contributed by atoms with E-state index in [1.165, 1.54) is 56.9 Å². The maximum absolute atomic E-state index is 13.0. The van der Waals surface area contributed by atoms with E-state index in [0.29, 0.717) is 16.7 Å². The molecule has 0 unspecified atom stereocenters. The van der Waals surface area contributed by atoms with Crippen molar-refractivity contribution in [2.24, 2.45) is 46.3 Å². The average molecular weight is 668 g/mol. The number of aliphatic hydroxyl groups excluding tert-OH is 4. The van der Waals surface area contributed by atoms with E-state index in [-0.39, 0.29) is 11.5 Å². The minimum Gasteiger partial charge on any atom is -0.446 e. The molecule has 1 aromatic rings. The molecule has 0 bridgehead atoms. The van der Waals surface area contributed by atoms with Crippen LogP contribution in [0, 0.1) is 46.3 Å². The van der Waals surface area contributed by atoms with Crippen LogP contribution in [0.3, 0.4) is 0 Å². The summed E-state index contributed by atoms with van der Waals surface area (Å²) in [6, 6.07) is 6.76. The number of rotatable bonds is 9.